The summed E-state index contributed by atoms with van der Waals surface area (Å²) in [6.07, 6.45) is -1.64. The van der Waals surface area contributed by atoms with Crippen molar-refractivity contribution in [1.29, 1.82) is 0 Å². The normalized spacial score (nSPS) is 33.2. The maximum atomic E-state index is 13.2. The smallest absolute Gasteiger partial charge is 0.255 e. The minimum atomic E-state index is -2.88. The number of nitrogens with two attached hydrogens (primary N) is 1. The maximum absolute atomic E-state index is 13.2. The summed E-state index contributed by atoms with van der Waals surface area (Å²) in [7, 11) is 0. The molecule has 0 radical (unpaired) electrons. The van der Waals surface area contributed by atoms with Crippen LogP contribution in [0.1, 0.15) is 22.8 Å². The van der Waals surface area contributed by atoms with Crippen molar-refractivity contribution >= 4 is 23.0 Å². The van der Waals surface area contributed by atoms with Gasteiger partial charge in [-0.1, -0.05) is 25.6 Å². The third-order valence-electron chi connectivity index (χ3n) is 6.40. The minimum Gasteiger partial charge on any atom is -0.511 e. The number of Topliss-reactive ketones (excluding diaryl/α,β-unsaturated/α-hetero) is 2. The zero-order valence-corrected chi connectivity index (χ0v) is 15.8. The predicted octanol–water partition coefficient (Wildman–Crippen LogP) is 0.268. The Bertz CT molecular complexity index is 1130. The van der Waals surface area contributed by atoms with Crippen molar-refractivity contribution in [1.82, 2.24) is 0 Å². The molecular weight excluding hydrogens is 394 g/mol. The number of aromatic hydroxyl groups is 1. The molecule has 0 heterocycles. The van der Waals surface area contributed by atoms with Gasteiger partial charge in [-0.2, -0.15) is 0 Å². The van der Waals surface area contributed by atoms with E-state index in [1.54, 1.807) is 0 Å². The van der Waals surface area contributed by atoms with Crippen LogP contribution in [0.2, 0.25) is 0 Å². The zero-order chi connectivity index (χ0) is 22.3. The summed E-state index contributed by atoms with van der Waals surface area (Å²) < 4.78 is 0. The molecule has 30 heavy (non-hydrogen) atoms. The molecule has 5 atom stereocenters. The van der Waals surface area contributed by atoms with E-state index in [-0.39, 0.29) is 16.7 Å². The second kappa shape index (κ2) is 6.04. The van der Waals surface area contributed by atoms with Gasteiger partial charge in [0.2, 0.25) is 5.78 Å². The van der Waals surface area contributed by atoms with Crippen LogP contribution in [-0.2, 0) is 9.59 Å². The molecule has 1 aromatic carbocycles. The van der Waals surface area contributed by atoms with Crippen molar-refractivity contribution in [2.24, 2.45) is 23.5 Å². The van der Waals surface area contributed by atoms with E-state index in [1.807, 2.05) is 0 Å². The SMILES string of the molecule is C=C1c2cccc(O)c2C(=O)C2=C(O)C3(O)C(=O)C(C(N)=O)=C(O)C(C)C3C(O)C12. The fourth-order valence-corrected chi connectivity index (χ4v) is 4.97. The van der Waals surface area contributed by atoms with Gasteiger partial charge in [0.05, 0.1) is 17.2 Å². The molecule has 3 aliphatic rings. The van der Waals surface area contributed by atoms with Gasteiger partial charge in [0.1, 0.15) is 22.8 Å². The number of aliphatic hydroxyl groups is 4. The molecule has 0 saturated carbocycles. The largest absolute Gasteiger partial charge is 0.511 e. The number of benzene rings is 1. The molecular formula is C21H19NO8. The van der Waals surface area contributed by atoms with Crippen molar-refractivity contribution < 1.29 is 39.9 Å². The summed E-state index contributed by atoms with van der Waals surface area (Å²) in [5, 5.41) is 53.8. The lowest BCUT2D eigenvalue weighted by molar-refractivity contribution is -0.157. The number of phenolic OH excluding ortho intramolecular Hbond substituents is 1. The first-order valence-corrected chi connectivity index (χ1v) is 9.13. The van der Waals surface area contributed by atoms with E-state index in [9.17, 15) is 39.9 Å². The summed E-state index contributed by atoms with van der Waals surface area (Å²) >= 11 is 0. The Morgan fingerprint density at radius 1 is 1.20 bits per heavy atom. The molecule has 0 bridgehead atoms. The van der Waals surface area contributed by atoms with Gasteiger partial charge in [-0.25, -0.2) is 0 Å². The van der Waals surface area contributed by atoms with Crippen LogP contribution < -0.4 is 5.73 Å². The van der Waals surface area contributed by atoms with Crippen molar-refractivity contribution in [2.75, 3.05) is 0 Å². The Balaban J connectivity index is 2.05. The monoisotopic (exact) mass is 413 g/mol. The highest BCUT2D eigenvalue weighted by Crippen LogP contribution is 2.55. The first-order valence-electron chi connectivity index (χ1n) is 9.13. The van der Waals surface area contributed by atoms with E-state index in [0.29, 0.717) is 0 Å². The number of aliphatic hydroxyl groups excluding tert-OH is 3. The Hall–Kier alpha value is -3.43. The van der Waals surface area contributed by atoms with Crippen LogP contribution in [0.15, 0.2) is 47.4 Å². The molecule has 3 aliphatic carbocycles. The molecule has 156 valence electrons. The number of hydrogen-bond donors (Lipinski definition) is 6. The predicted molar refractivity (Wildman–Crippen MR) is 102 cm³/mol. The molecule has 0 aromatic heterocycles. The number of fused-ring (bicyclic) bond motifs is 3. The van der Waals surface area contributed by atoms with Crippen LogP contribution in [0, 0.1) is 17.8 Å². The fourth-order valence-electron chi connectivity index (χ4n) is 4.97. The second-order valence-corrected chi connectivity index (χ2v) is 7.82. The number of primary amides is 1. The molecule has 0 saturated heterocycles. The van der Waals surface area contributed by atoms with Gasteiger partial charge in [0.25, 0.3) is 5.91 Å². The summed E-state index contributed by atoms with van der Waals surface area (Å²) in [5.41, 5.74) is 1.11. The third-order valence-corrected chi connectivity index (χ3v) is 6.40. The van der Waals surface area contributed by atoms with Crippen LogP contribution in [0.25, 0.3) is 5.57 Å². The Morgan fingerprint density at radius 3 is 2.43 bits per heavy atom. The van der Waals surface area contributed by atoms with Crippen molar-refractivity contribution in [3.63, 3.8) is 0 Å². The molecule has 9 nitrogen and oxygen atoms in total. The topological polar surface area (TPSA) is 178 Å². The first kappa shape index (κ1) is 19.9. The van der Waals surface area contributed by atoms with E-state index < -0.39 is 75.3 Å². The standard InChI is InChI=1S/C21H19NO8/c1-6-8-4-3-5-9(23)11(8)16(25)12-10(6)17(26)14-7(2)15(24)13(20(22)29)19(28)21(14,30)18(12)27/h3-5,7,10,14,17,23-24,26-27,30H,1H2,2H3,(H2,22,29). The van der Waals surface area contributed by atoms with Gasteiger partial charge in [0, 0.05) is 17.8 Å². The quantitative estimate of drug-likeness (QED) is 0.355. The molecule has 1 aromatic rings. The summed E-state index contributed by atoms with van der Waals surface area (Å²) in [6, 6.07) is 4.24. The Morgan fingerprint density at radius 2 is 1.83 bits per heavy atom. The van der Waals surface area contributed by atoms with Crippen molar-refractivity contribution in [2.45, 2.75) is 18.6 Å². The van der Waals surface area contributed by atoms with Gasteiger partial charge in [-0.05, 0) is 17.2 Å². The highest BCUT2D eigenvalue weighted by Gasteiger charge is 2.65. The average Bonchev–Trinajstić information content (AvgIpc) is 2.67. The van der Waals surface area contributed by atoms with E-state index in [0.717, 1.165) is 0 Å². The maximum Gasteiger partial charge on any atom is 0.255 e. The first-order chi connectivity index (χ1) is 14.0. The molecule has 9 heteroatoms. The molecule has 5 unspecified atom stereocenters. The zero-order valence-electron chi connectivity index (χ0n) is 15.8. The van der Waals surface area contributed by atoms with Crippen LogP contribution in [0.3, 0.4) is 0 Å². The number of allylic oxidation sites excluding steroid dienone is 1. The van der Waals surface area contributed by atoms with Crippen LogP contribution in [0.5, 0.6) is 5.75 Å². The average molecular weight is 413 g/mol. The van der Waals surface area contributed by atoms with Gasteiger partial charge in [-0.15, -0.1) is 0 Å². The molecule has 7 N–H and O–H groups in total. The fraction of sp³-hybridized carbons (Fsp3) is 0.286. The summed E-state index contributed by atoms with van der Waals surface area (Å²) in [6.45, 7) is 5.23. The van der Waals surface area contributed by atoms with E-state index >= 15 is 0 Å². The lowest BCUT2D eigenvalue weighted by atomic mass is 9.55. The molecule has 0 aliphatic heterocycles. The molecule has 0 spiro atoms. The van der Waals surface area contributed by atoms with Crippen molar-refractivity contribution in [3.05, 3.63) is 58.6 Å². The molecule has 0 fully saturated rings. The number of hydrogen-bond acceptors (Lipinski definition) is 8. The van der Waals surface area contributed by atoms with Crippen LogP contribution in [-0.4, -0.2) is 54.7 Å². The number of carbonyl (C=O) groups is 3. The number of ketones is 2. The number of phenols is 1. The minimum absolute atomic E-state index is 0.181. The number of carbonyl (C=O) groups excluding carboxylic acids is 3. The van der Waals surface area contributed by atoms with Gasteiger partial charge >= 0.3 is 0 Å². The van der Waals surface area contributed by atoms with E-state index in [4.69, 9.17) is 5.73 Å². The number of rotatable bonds is 1. The lowest BCUT2D eigenvalue weighted by Gasteiger charge is -2.51. The highest BCUT2D eigenvalue weighted by atomic mass is 16.4. The third kappa shape index (κ3) is 2.10. The Labute approximate surface area is 170 Å². The van der Waals surface area contributed by atoms with Crippen LogP contribution >= 0.6 is 0 Å². The Kier molecular flexibility index (Phi) is 4.00. The van der Waals surface area contributed by atoms with E-state index in [2.05, 4.69) is 6.58 Å². The second-order valence-electron chi connectivity index (χ2n) is 7.82. The summed E-state index contributed by atoms with van der Waals surface area (Å²) in [4.78, 5) is 37.8. The summed E-state index contributed by atoms with van der Waals surface area (Å²) in [5.74, 6) is -9.70. The van der Waals surface area contributed by atoms with Gasteiger partial charge in [-0.3, -0.25) is 14.4 Å². The lowest BCUT2D eigenvalue weighted by Crippen LogP contribution is -2.64. The molecule has 1 amide bonds. The molecule has 4 rings (SSSR count). The van der Waals surface area contributed by atoms with Gasteiger partial charge in [0.15, 0.2) is 11.4 Å². The van der Waals surface area contributed by atoms with Gasteiger partial charge < -0.3 is 31.3 Å². The number of amides is 1. The van der Waals surface area contributed by atoms with Crippen molar-refractivity contribution in [3.8, 4) is 5.75 Å². The van der Waals surface area contributed by atoms with Crippen LogP contribution in [0.4, 0.5) is 0 Å². The van der Waals surface area contributed by atoms with E-state index in [1.165, 1.54) is 25.1 Å². The highest BCUT2D eigenvalue weighted by molar-refractivity contribution is 6.25.